The van der Waals surface area contributed by atoms with Gasteiger partial charge in [0, 0.05) is 37.4 Å². The van der Waals surface area contributed by atoms with Gasteiger partial charge in [-0.05, 0) is 42.9 Å². The van der Waals surface area contributed by atoms with Crippen LogP contribution in [0.3, 0.4) is 0 Å². The van der Waals surface area contributed by atoms with Crippen molar-refractivity contribution in [2.24, 2.45) is 0 Å². The van der Waals surface area contributed by atoms with E-state index >= 15 is 0 Å². The van der Waals surface area contributed by atoms with Crippen molar-refractivity contribution >= 4 is 29.2 Å². The van der Waals surface area contributed by atoms with Gasteiger partial charge in [-0.15, -0.1) is 0 Å². The van der Waals surface area contributed by atoms with Gasteiger partial charge in [-0.3, -0.25) is 14.9 Å². The summed E-state index contributed by atoms with van der Waals surface area (Å²) >= 11 is 5.94. The lowest BCUT2D eigenvalue weighted by atomic mass is 10.1. The quantitative estimate of drug-likeness (QED) is 0.589. The molecule has 154 valence electrons. The number of benzene rings is 2. The molecule has 0 radical (unpaired) electrons. The second kappa shape index (κ2) is 9.21. The van der Waals surface area contributed by atoms with Gasteiger partial charge in [0.15, 0.2) is 0 Å². The van der Waals surface area contributed by atoms with Crippen LogP contribution in [0.25, 0.3) is 0 Å². The Morgan fingerprint density at radius 3 is 2.38 bits per heavy atom. The average molecular weight is 421 g/mol. The van der Waals surface area contributed by atoms with Crippen molar-refractivity contribution < 1.29 is 19.2 Å². The highest BCUT2D eigenvalue weighted by molar-refractivity contribution is 6.31. The molecule has 2 aromatic carbocycles. The molecule has 2 N–H and O–H groups in total. The van der Waals surface area contributed by atoms with Crippen LogP contribution in [0.1, 0.15) is 15.9 Å². The van der Waals surface area contributed by atoms with Crippen molar-refractivity contribution in [2.75, 3.05) is 38.1 Å². The minimum Gasteiger partial charge on any atom is -0.322 e. The molecule has 1 aliphatic rings. The van der Waals surface area contributed by atoms with Crippen molar-refractivity contribution in [1.29, 1.82) is 0 Å². The molecule has 1 aliphatic heterocycles. The number of likely N-dealkylation sites (N-methyl/N-ethyl adjacent to an activating group) is 1. The Bertz CT molecular complexity index is 886. The Labute approximate surface area is 173 Å². The number of carbonyl (C=O) groups is 2. The van der Waals surface area contributed by atoms with Crippen LogP contribution in [-0.2, 0) is 6.54 Å². The van der Waals surface area contributed by atoms with E-state index in [0.717, 1.165) is 18.7 Å². The predicted octanol–water partition coefficient (Wildman–Crippen LogP) is 2.97. The lowest BCUT2D eigenvalue weighted by Gasteiger charge is -2.36. The molecule has 0 unspecified atom stereocenters. The number of carbonyl (C=O) groups excluding carboxylic acids is 2. The van der Waals surface area contributed by atoms with Crippen LogP contribution in [0.2, 0.25) is 5.02 Å². The molecular formula is C20H22ClFN4O3. The Hall–Kier alpha value is -2.68. The van der Waals surface area contributed by atoms with Gasteiger partial charge in [-0.25, -0.2) is 14.7 Å². The van der Waals surface area contributed by atoms with Crippen LogP contribution < -0.4 is 10.4 Å². The van der Waals surface area contributed by atoms with Gasteiger partial charge in [0.2, 0.25) is 0 Å². The number of piperazine rings is 1. The molecule has 7 nitrogen and oxygen atoms in total. The summed E-state index contributed by atoms with van der Waals surface area (Å²) < 4.78 is 13.6. The van der Waals surface area contributed by atoms with E-state index in [9.17, 15) is 14.0 Å². The molecule has 0 saturated carbocycles. The number of hydrogen-bond donors (Lipinski definition) is 2. The van der Waals surface area contributed by atoms with E-state index < -0.39 is 11.7 Å². The van der Waals surface area contributed by atoms with E-state index in [1.54, 1.807) is 34.6 Å². The van der Waals surface area contributed by atoms with Crippen molar-refractivity contribution in [3.63, 3.8) is 0 Å². The highest BCUT2D eigenvalue weighted by atomic mass is 35.5. The highest BCUT2D eigenvalue weighted by Crippen LogP contribution is 2.25. The molecule has 1 saturated heterocycles. The molecule has 2 aromatic rings. The summed E-state index contributed by atoms with van der Waals surface area (Å²) in [6, 6.07) is 10.5. The molecule has 3 amide bonds. The molecular weight excluding hydrogens is 399 g/mol. The van der Waals surface area contributed by atoms with Crippen LogP contribution in [0.15, 0.2) is 42.5 Å². The molecule has 0 atom stereocenters. The summed E-state index contributed by atoms with van der Waals surface area (Å²) in [7, 11) is 2.00. The number of hydrogen-bond acceptors (Lipinski definition) is 4. The summed E-state index contributed by atoms with van der Waals surface area (Å²) in [6.45, 7) is 2.95. The maximum absolute atomic E-state index is 13.6. The molecule has 0 spiro atoms. The third-order valence-corrected chi connectivity index (χ3v) is 5.17. The van der Waals surface area contributed by atoms with Crippen LogP contribution in [-0.4, -0.2) is 60.2 Å². The fraction of sp³-hybridized carbons (Fsp3) is 0.300. The third kappa shape index (κ3) is 5.03. The van der Waals surface area contributed by atoms with Crippen molar-refractivity contribution in [3.8, 4) is 0 Å². The molecule has 1 fully saturated rings. The summed E-state index contributed by atoms with van der Waals surface area (Å²) in [5.74, 6) is -1.17. The number of anilines is 1. The summed E-state index contributed by atoms with van der Waals surface area (Å²) in [4.78, 5) is 30.2. The van der Waals surface area contributed by atoms with Crippen LogP contribution in [0, 0.1) is 5.82 Å². The first kappa shape index (κ1) is 21.0. The number of hydroxylamine groups is 1. The van der Waals surface area contributed by atoms with E-state index in [1.807, 2.05) is 7.05 Å². The Balaban J connectivity index is 1.87. The SMILES string of the molecule is CN1CCN(C(=O)N(Cc2ccc(C(=O)NO)cc2)c2ccc(F)c(Cl)c2)CC1. The van der Waals surface area contributed by atoms with Gasteiger partial charge in [0.25, 0.3) is 5.91 Å². The molecule has 29 heavy (non-hydrogen) atoms. The second-order valence-corrected chi connectivity index (χ2v) is 7.30. The van der Waals surface area contributed by atoms with E-state index in [1.165, 1.54) is 23.1 Å². The molecule has 0 aliphatic carbocycles. The number of urea groups is 1. The summed E-state index contributed by atoms with van der Waals surface area (Å²) in [5.41, 5.74) is 3.12. The Morgan fingerprint density at radius 2 is 1.79 bits per heavy atom. The maximum atomic E-state index is 13.6. The monoisotopic (exact) mass is 420 g/mol. The fourth-order valence-electron chi connectivity index (χ4n) is 3.10. The lowest BCUT2D eigenvalue weighted by molar-refractivity contribution is 0.0706. The van der Waals surface area contributed by atoms with E-state index in [4.69, 9.17) is 16.8 Å². The lowest BCUT2D eigenvalue weighted by Crippen LogP contribution is -2.51. The maximum Gasteiger partial charge on any atom is 0.324 e. The number of nitrogens with zero attached hydrogens (tertiary/aromatic N) is 3. The summed E-state index contributed by atoms with van der Waals surface area (Å²) in [6.07, 6.45) is 0. The number of nitrogens with one attached hydrogen (secondary N) is 1. The van der Waals surface area contributed by atoms with Gasteiger partial charge in [0.1, 0.15) is 5.82 Å². The first-order valence-corrected chi connectivity index (χ1v) is 9.50. The first-order valence-electron chi connectivity index (χ1n) is 9.12. The Kier molecular flexibility index (Phi) is 6.68. The van der Waals surface area contributed by atoms with Crippen LogP contribution >= 0.6 is 11.6 Å². The molecule has 0 aromatic heterocycles. The first-order chi connectivity index (χ1) is 13.9. The second-order valence-electron chi connectivity index (χ2n) is 6.90. The largest absolute Gasteiger partial charge is 0.324 e. The zero-order valence-corrected chi connectivity index (χ0v) is 16.7. The minimum absolute atomic E-state index is 0.0614. The number of rotatable bonds is 4. The zero-order valence-electron chi connectivity index (χ0n) is 15.9. The van der Waals surface area contributed by atoms with Gasteiger partial charge >= 0.3 is 6.03 Å². The van der Waals surface area contributed by atoms with E-state index in [2.05, 4.69) is 4.90 Å². The van der Waals surface area contributed by atoms with Gasteiger partial charge in [-0.2, -0.15) is 0 Å². The van der Waals surface area contributed by atoms with Crippen molar-refractivity contribution in [3.05, 3.63) is 64.4 Å². The zero-order chi connectivity index (χ0) is 21.0. The third-order valence-electron chi connectivity index (χ3n) is 4.88. The molecule has 1 heterocycles. The smallest absolute Gasteiger partial charge is 0.322 e. The molecule has 9 heteroatoms. The molecule has 3 rings (SSSR count). The van der Waals surface area contributed by atoms with Crippen molar-refractivity contribution in [2.45, 2.75) is 6.54 Å². The van der Waals surface area contributed by atoms with Crippen molar-refractivity contribution in [1.82, 2.24) is 15.3 Å². The van der Waals surface area contributed by atoms with E-state index in [-0.39, 0.29) is 23.2 Å². The van der Waals surface area contributed by atoms with Gasteiger partial charge < -0.3 is 9.80 Å². The van der Waals surface area contributed by atoms with Crippen LogP contribution in [0.5, 0.6) is 0 Å². The molecule has 0 bridgehead atoms. The van der Waals surface area contributed by atoms with Gasteiger partial charge in [-0.1, -0.05) is 23.7 Å². The van der Waals surface area contributed by atoms with Crippen LogP contribution in [0.4, 0.5) is 14.9 Å². The number of halogens is 2. The average Bonchev–Trinajstić information content (AvgIpc) is 2.74. The normalized spacial score (nSPS) is 14.6. The fourth-order valence-corrected chi connectivity index (χ4v) is 3.27. The van der Waals surface area contributed by atoms with Gasteiger partial charge in [0.05, 0.1) is 11.6 Å². The van der Waals surface area contributed by atoms with E-state index in [0.29, 0.717) is 18.8 Å². The number of amides is 3. The summed E-state index contributed by atoms with van der Waals surface area (Å²) in [5, 5.41) is 8.67. The Morgan fingerprint density at radius 1 is 1.14 bits per heavy atom. The predicted molar refractivity (Wildman–Crippen MR) is 108 cm³/mol. The standard InChI is InChI=1S/C20H22ClFN4O3/c1-24-8-10-25(11-9-24)20(28)26(16-6-7-18(22)17(21)12-16)13-14-2-4-15(5-3-14)19(27)23-29/h2-7,12,29H,8-11,13H2,1H3,(H,23,27). The highest BCUT2D eigenvalue weighted by Gasteiger charge is 2.26. The minimum atomic E-state index is -0.618. The topological polar surface area (TPSA) is 76.1 Å².